The molecular weight excluding hydrogens is 240 g/mol. The number of benzene rings is 1. The number of nitrogens with zero attached hydrogens (tertiary/aromatic N) is 1. The van der Waals surface area contributed by atoms with E-state index in [-0.39, 0.29) is 5.91 Å². The zero-order chi connectivity index (χ0) is 13.8. The Balaban J connectivity index is 2.03. The predicted molar refractivity (Wildman–Crippen MR) is 76.1 cm³/mol. The molecule has 0 spiro atoms. The van der Waals surface area contributed by atoms with E-state index in [4.69, 9.17) is 10.5 Å². The third kappa shape index (κ3) is 3.47. The first kappa shape index (κ1) is 13.9. The normalized spacial score (nSPS) is 16.3. The van der Waals surface area contributed by atoms with Crippen LogP contribution in [0.4, 0.5) is 5.69 Å². The van der Waals surface area contributed by atoms with Crippen LogP contribution in [0.1, 0.15) is 28.8 Å². The highest BCUT2D eigenvalue weighted by Gasteiger charge is 2.20. The topological polar surface area (TPSA) is 55.6 Å². The molecule has 1 amide bonds. The van der Waals surface area contributed by atoms with E-state index in [0.29, 0.717) is 17.2 Å². The van der Waals surface area contributed by atoms with Gasteiger partial charge in [-0.3, -0.25) is 4.79 Å². The summed E-state index contributed by atoms with van der Waals surface area (Å²) < 4.78 is 5.34. The Morgan fingerprint density at radius 3 is 2.79 bits per heavy atom. The van der Waals surface area contributed by atoms with Crippen LogP contribution in [-0.4, -0.2) is 37.6 Å². The average molecular weight is 262 g/mol. The van der Waals surface area contributed by atoms with Crippen LogP contribution in [0.3, 0.4) is 0 Å². The number of amides is 1. The summed E-state index contributed by atoms with van der Waals surface area (Å²) in [6.07, 6.45) is 2.06. The number of nitrogen functional groups attached to an aromatic ring is 1. The molecule has 2 rings (SSSR count). The maximum absolute atomic E-state index is 12.4. The van der Waals surface area contributed by atoms with Gasteiger partial charge in [0.1, 0.15) is 0 Å². The van der Waals surface area contributed by atoms with Gasteiger partial charge in [-0.25, -0.2) is 0 Å². The molecule has 1 fully saturated rings. The van der Waals surface area contributed by atoms with Crippen molar-refractivity contribution in [2.24, 2.45) is 5.92 Å². The molecule has 0 atom stereocenters. The van der Waals surface area contributed by atoms with Gasteiger partial charge in [-0.1, -0.05) is 11.6 Å². The van der Waals surface area contributed by atoms with Crippen molar-refractivity contribution < 1.29 is 9.53 Å². The van der Waals surface area contributed by atoms with E-state index in [0.717, 1.165) is 38.2 Å². The van der Waals surface area contributed by atoms with E-state index < -0.39 is 0 Å². The van der Waals surface area contributed by atoms with Crippen LogP contribution in [0.2, 0.25) is 0 Å². The van der Waals surface area contributed by atoms with E-state index in [1.807, 2.05) is 26.1 Å². The molecule has 4 nitrogen and oxygen atoms in total. The highest BCUT2D eigenvalue weighted by Crippen LogP contribution is 2.19. The van der Waals surface area contributed by atoms with Crippen LogP contribution < -0.4 is 5.73 Å². The minimum Gasteiger partial charge on any atom is -0.398 e. The molecule has 1 aromatic rings. The van der Waals surface area contributed by atoms with Crippen molar-refractivity contribution in [2.45, 2.75) is 19.8 Å². The Labute approximate surface area is 114 Å². The molecule has 0 aromatic heterocycles. The number of hydrogen-bond acceptors (Lipinski definition) is 3. The van der Waals surface area contributed by atoms with Crippen molar-refractivity contribution >= 4 is 11.6 Å². The second-order valence-corrected chi connectivity index (χ2v) is 5.33. The van der Waals surface area contributed by atoms with Crippen molar-refractivity contribution in [3.63, 3.8) is 0 Å². The molecule has 0 unspecified atom stereocenters. The van der Waals surface area contributed by atoms with Crippen molar-refractivity contribution in [3.05, 3.63) is 29.3 Å². The number of ether oxygens (including phenoxy) is 1. The lowest BCUT2D eigenvalue weighted by Crippen LogP contribution is -2.34. The van der Waals surface area contributed by atoms with Gasteiger partial charge in [-0.2, -0.15) is 0 Å². The molecule has 1 aromatic carbocycles. The summed E-state index contributed by atoms with van der Waals surface area (Å²) in [5, 5.41) is 0. The van der Waals surface area contributed by atoms with Crippen molar-refractivity contribution in [3.8, 4) is 0 Å². The van der Waals surface area contributed by atoms with Gasteiger partial charge in [0, 0.05) is 32.5 Å². The highest BCUT2D eigenvalue weighted by molar-refractivity contribution is 5.99. The Bertz CT molecular complexity index is 453. The maximum atomic E-state index is 12.4. The molecule has 4 heteroatoms. The van der Waals surface area contributed by atoms with Crippen LogP contribution in [0.25, 0.3) is 0 Å². The molecule has 0 radical (unpaired) electrons. The third-order valence-electron chi connectivity index (χ3n) is 3.66. The number of aryl methyl sites for hydroxylation is 1. The van der Waals surface area contributed by atoms with E-state index >= 15 is 0 Å². The van der Waals surface area contributed by atoms with Crippen LogP contribution in [0.15, 0.2) is 18.2 Å². The van der Waals surface area contributed by atoms with Gasteiger partial charge in [0.2, 0.25) is 0 Å². The van der Waals surface area contributed by atoms with Gasteiger partial charge in [0.15, 0.2) is 0 Å². The van der Waals surface area contributed by atoms with E-state index in [2.05, 4.69) is 0 Å². The van der Waals surface area contributed by atoms with Crippen LogP contribution in [0.5, 0.6) is 0 Å². The molecule has 0 bridgehead atoms. The molecule has 0 aliphatic carbocycles. The summed E-state index contributed by atoms with van der Waals surface area (Å²) in [6, 6.07) is 5.58. The Hall–Kier alpha value is -1.55. The lowest BCUT2D eigenvalue weighted by Gasteiger charge is -2.27. The summed E-state index contributed by atoms with van der Waals surface area (Å²) in [5.41, 5.74) is 8.10. The van der Waals surface area contributed by atoms with Gasteiger partial charge in [-0.05, 0) is 37.8 Å². The van der Waals surface area contributed by atoms with Gasteiger partial charge in [0.05, 0.1) is 5.56 Å². The zero-order valence-corrected chi connectivity index (χ0v) is 11.7. The predicted octanol–water partition coefficient (Wildman–Crippen LogP) is 2.08. The summed E-state index contributed by atoms with van der Waals surface area (Å²) in [4.78, 5) is 14.2. The zero-order valence-electron chi connectivity index (χ0n) is 11.7. The van der Waals surface area contributed by atoms with Gasteiger partial charge >= 0.3 is 0 Å². The minimum atomic E-state index is 0.00712. The SMILES string of the molecule is Cc1ccc(N)c(C(=O)N(C)CC2CCOCC2)c1. The van der Waals surface area contributed by atoms with Crippen LogP contribution >= 0.6 is 0 Å². The first-order valence-electron chi connectivity index (χ1n) is 6.77. The second-order valence-electron chi connectivity index (χ2n) is 5.33. The Morgan fingerprint density at radius 2 is 2.11 bits per heavy atom. The molecule has 1 aliphatic heterocycles. The molecule has 104 valence electrons. The fourth-order valence-electron chi connectivity index (χ4n) is 2.46. The largest absolute Gasteiger partial charge is 0.398 e. The van der Waals surface area contributed by atoms with E-state index in [1.165, 1.54) is 0 Å². The lowest BCUT2D eigenvalue weighted by atomic mass is 9.99. The second kappa shape index (κ2) is 6.06. The number of hydrogen-bond donors (Lipinski definition) is 1. The smallest absolute Gasteiger partial charge is 0.255 e. The summed E-state index contributed by atoms with van der Waals surface area (Å²) in [5.74, 6) is 0.543. The monoisotopic (exact) mass is 262 g/mol. The molecular formula is C15H22N2O2. The molecule has 1 heterocycles. The standard InChI is InChI=1S/C15H22N2O2/c1-11-3-4-14(16)13(9-11)15(18)17(2)10-12-5-7-19-8-6-12/h3-4,9,12H,5-8,10,16H2,1-2H3. The fraction of sp³-hybridized carbons (Fsp3) is 0.533. The van der Waals surface area contributed by atoms with Gasteiger partial charge in [0.25, 0.3) is 5.91 Å². The summed E-state index contributed by atoms with van der Waals surface area (Å²) in [7, 11) is 1.85. The van der Waals surface area contributed by atoms with E-state index in [9.17, 15) is 4.79 Å². The van der Waals surface area contributed by atoms with E-state index in [1.54, 1.807) is 11.0 Å². The number of carbonyl (C=O) groups is 1. The molecule has 19 heavy (non-hydrogen) atoms. The molecule has 1 saturated heterocycles. The number of anilines is 1. The van der Waals surface area contributed by atoms with Crippen molar-refractivity contribution in [2.75, 3.05) is 32.5 Å². The fourth-order valence-corrected chi connectivity index (χ4v) is 2.46. The minimum absolute atomic E-state index is 0.00712. The number of nitrogens with two attached hydrogens (primary N) is 1. The Kier molecular flexibility index (Phi) is 4.43. The third-order valence-corrected chi connectivity index (χ3v) is 3.66. The summed E-state index contributed by atoms with van der Waals surface area (Å²) >= 11 is 0. The Morgan fingerprint density at radius 1 is 1.42 bits per heavy atom. The highest BCUT2D eigenvalue weighted by atomic mass is 16.5. The first-order valence-corrected chi connectivity index (χ1v) is 6.77. The quantitative estimate of drug-likeness (QED) is 0.848. The summed E-state index contributed by atoms with van der Waals surface area (Å²) in [6.45, 7) is 4.35. The van der Waals surface area contributed by atoms with Crippen molar-refractivity contribution in [1.29, 1.82) is 0 Å². The maximum Gasteiger partial charge on any atom is 0.255 e. The molecule has 2 N–H and O–H groups in total. The van der Waals surface area contributed by atoms with Gasteiger partial charge < -0.3 is 15.4 Å². The first-order chi connectivity index (χ1) is 9.08. The van der Waals surface area contributed by atoms with Crippen molar-refractivity contribution in [1.82, 2.24) is 4.90 Å². The van der Waals surface area contributed by atoms with Crippen LogP contribution in [0, 0.1) is 12.8 Å². The number of rotatable bonds is 3. The molecule has 0 saturated carbocycles. The average Bonchev–Trinajstić information content (AvgIpc) is 2.42. The molecule has 1 aliphatic rings. The van der Waals surface area contributed by atoms with Crippen LogP contribution in [-0.2, 0) is 4.74 Å². The lowest BCUT2D eigenvalue weighted by molar-refractivity contribution is 0.0497. The number of carbonyl (C=O) groups excluding carboxylic acids is 1. The van der Waals surface area contributed by atoms with Gasteiger partial charge in [-0.15, -0.1) is 0 Å².